The molecule has 3 aromatic carbocycles. The first-order valence-electron chi connectivity index (χ1n) is 8.70. The van der Waals surface area contributed by atoms with Crippen LogP contribution in [0.3, 0.4) is 0 Å². The van der Waals surface area contributed by atoms with E-state index in [0.29, 0.717) is 6.61 Å². The third kappa shape index (κ3) is 1.56. The third-order valence-electron chi connectivity index (χ3n) is 5.85. The van der Waals surface area contributed by atoms with Crippen molar-refractivity contribution in [3.63, 3.8) is 0 Å². The van der Waals surface area contributed by atoms with Gasteiger partial charge in [-0.1, -0.05) is 36.4 Å². The number of H-pyrrole nitrogens is 1. The van der Waals surface area contributed by atoms with Crippen molar-refractivity contribution in [2.75, 3.05) is 6.61 Å². The van der Waals surface area contributed by atoms with Crippen LogP contribution in [0.25, 0.3) is 21.8 Å². The summed E-state index contributed by atoms with van der Waals surface area (Å²) in [4.78, 5) is 3.62. The summed E-state index contributed by atoms with van der Waals surface area (Å²) in [5.41, 5.74) is 4.33. The molecule has 122 valence electrons. The van der Waals surface area contributed by atoms with Gasteiger partial charge < -0.3 is 14.5 Å². The van der Waals surface area contributed by atoms with Crippen LogP contribution in [0.2, 0.25) is 0 Å². The van der Waals surface area contributed by atoms with Crippen LogP contribution in [0.15, 0.2) is 60.7 Å². The van der Waals surface area contributed by atoms with E-state index in [4.69, 9.17) is 9.47 Å². The summed E-state index contributed by atoms with van der Waals surface area (Å²) in [7, 11) is 0. The maximum absolute atomic E-state index is 6.53. The predicted octanol–water partition coefficient (Wildman–Crippen LogP) is 5.10. The molecule has 0 bridgehead atoms. The van der Waals surface area contributed by atoms with Gasteiger partial charge in [-0.25, -0.2) is 0 Å². The van der Waals surface area contributed by atoms with Gasteiger partial charge >= 0.3 is 0 Å². The Bertz CT molecular complexity index is 1160. The molecular formula is C22H17NO2. The van der Waals surface area contributed by atoms with Crippen molar-refractivity contribution in [3.05, 3.63) is 71.8 Å². The number of nitrogens with one attached hydrogen (secondary N) is 1. The molecule has 0 aliphatic carbocycles. The number of aromatic amines is 1. The maximum atomic E-state index is 6.53. The van der Waals surface area contributed by atoms with Crippen molar-refractivity contribution in [2.45, 2.75) is 18.4 Å². The predicted molar refractivity (Wildman–Crippen MR) is 98.5 cm³/mol. The Labute approximate surface area is 145 Å². The highest BCUT2D eigenvalue weighted by molar-refractivity contribution is 6.09. The van der Waals surface area contributed by atoms with Gasteiger partial charge in [-0.3, -0.25) is 0 Å². The van der Waals surface area contributed by atoms with Crippen LogP contribution in [0.1, 0.15) is 24.0 Å². The molecule has 6 rings (SSSR count). The molecule has 0 saturated carbocycles. The molecule has 2 aliphatic heterocycles. The summed E-state index contributed by atoms with van der Waals surface area (Å²) < 4.78 is 12.6. The van der Waals surface area contributed by atoms with E-state index in [1.165, 1.54) is 21.9 Å². The quantitative estimate of drug-likeness (QED) is 0.487. The first-order valence-corrected chi connectivity index (χ1v) is 8.70. The number of para-hydroxylation sites is 2. The van der Waals surface area contributed by atoms with E-state index in [-0.39, 0.29) is 11.5 Å². The minimum absolute atomic E-state index is 0.175. The molecule has 0 spiro atoms. The highest BCUT2D eigenvalue weighted by Crippen LogP contribution is 2.56. The Balaban J connectivity index is 1.65. The number of aromatic nitrogens is 1. The molecule has 3 nitrogen and oxygen atoms in total. The minimum Gasteiger partial charge on any atom is -0.492 e. The van der Waals surface area contributed by atoms with Crippen molar-refractivity contribution in [1.29, 1.82) is 0 Å². The van der Waals surface area contributed by atoms with Gasteiger partial charge in [-0.05, 0) is 31.2 Å². The van der Waals surface area contributed by atoms with E-state index in [0.717, 1.165) is 22.6 Å². The third-order valence-corrected chi connectivity index (χ3v) is 5.85. The normalized spacial score (nSPS) is 23.6. The number of ether oxygens (including phenoxy) is 2. The number of rotatable bonds is 0. The summed E-state index contributed by atoms with van der Waals surface area (Å²) >= 11 is 0. The highest BCUT2D eigenvalue weighted by atomic mass is 16.5. The van der Waals surface area contributed by atoms with Crippen LogP contribution in [0.5, 0.6) is 11.5 Å². The van der Waals surface area contributed by atoms with Gasteiger partial charge in [-0.2, -0.15) is 0 Å². The molecule has 1 N–H and O–H groups in total. The molecule has 3 heteroatoms. The van der Waals surface area contributed by atoms with E-state index in [1.54, 1.807) is 0 Å². The van der Waals surface area contributed by atoms with Crippen LogP contribution in [-0.4, -0.2) is 11.6 Å². The Hall–Kier alpha value is -2.94. The van der Waals surface area contributed by atoms with Gasteiger partial charge in [0, 0.05) is 27.4 Å². The largest absolute Gasteiger partial charge is 0.492 e. The maximum Gasteiger partial charge on any atom is 0.145 e. The zero-order valence-corrected chi connectivity index (χ0v) is 13.9. The molecule has 1 aromatic heterocycles. The zero-order chi connectivity index (χ0) is 16.6. The van der Waals surface area contributed by atoms with Crippen LogP contribution in [-0.2, 0) is 5.60 Å². The van der Waals surface area contributed by atoms with E-state index >= 15 is 0 Å². The minimum atomic E-state index is -0.386. The summed E-state index contributed by atoms with van der Waals surface area (Å²) in [6.45, 7) is 2.82. The fourth-order valence-corrected chi connectivity index (χ4v) is 4.59. The van der Waals surface area contributed by atoms with E-state index in [9.17, 15) is 0 Å². The molecule has 4 aromatic rings. The van der Waals surface area contributed by atoms with Gasteiger partial charge in [0.15, 0.2) is 0 Å². The Morgan fingerprint density at radius 1 is 0.920 bits per heavy atom. The van der Waals surface area contributed by atoms with Gasteiger partial charge in [-0.15, -0.1) is 0 Å². The number of hydrogen-bond acceptors (Lipinski definition) is 2. The molecule has 3 heterocycles. The monoisotopic (exact) mass is 327 g/mol. The molecule has 2 atom stereocenters. The standard InChI is InChI=1S/C22H17NO2/c1-22-15-7-3-5-9-18(15)24-12-16(22)20-19(25-22)11-10-14-13-6-2-4-8-17(13)23-21(14)20/h2-11,16,23H,12H2,1H3/t16-,22-/m1/s1. The van der Waals surface area contributed by atoms with Crippen molar-refractivity contribution in [3.8, 4) is 11.5 Å². The molecule has 0 saturated heterocycles. The molecule has 25 heavy (non-hydrogen) atoms. The first kappa shape index (κ1) is 13.4. The van der Waals surface area contributed by atoms with Gasteiger partial charge in [0.05, 0.1) is 18.0 Å². The number of benzene rings is 3. The highest BCUT2D eigenvalue weighted by Gasteiger charge is 2.51. The molecule has 0 amide bonds. The summed E-state index contributed by atoms with van der Waals surface area (Å²) in [5.74, 6) is 2.07. The Morgan fingerprint density at radius 3 is 2.72 bits per heavy atom. The van der Waals surface area contributed by atoms with Crippen molar-refractivity contribution in [2.24, 2.45) is 0 Å². The van der Waals surface area contributed by atoms with Crippen LogP contribution >= 0.6 is 0 Å². The summed E-state index contributed by atoms with van der Waals surface area (Å²) in [6, 6.07) is 21.0. The van der Waals surface area contributed by atoms with Gasteiger partial charge in [0.2, 0.25) is 0 Å². The van der Waals surface area contributed by atoms with Gasteiger partial charge in [0.1, 0.15) is 17.1 Å². The fourth-order valence-electron chi connectivity index (χ4n) is 4.59. The van der Waals surface area contributed by atoms with Crippen molar-refractivity contribution in [1.82, 2.24) is 4.98 Å². The summed E-state index contributed by atoms with van der Waals surface area (Å²) in [6.07, 6.45) is 0. The van der Waals surface area contributed by atoms with Crippen LogP contribution < -0.4 is 9.47 Å². The van der Waals surface area contributed by atoms with Gasteiger partial charge in [0.25, 0.3) is 0 Å². The fraction of sp³-hybridized carbons (Fsp3) is 0.182. The lowest BCUT2D eigenvalue weighted by Crippen LogP contribution is -2.38. The molecular weight excluding hydrogens is 310 g/mol. The second-order valence-electron chi connectivity index (χ2n) is 7.14. The molecule has 2 aliphatic rings. The Morgan fingerprint density at radius 2 is 1.76 bits per heavy atom. The average Bonchev–Trinajstić information content (AvgIpc) is 3.16. The molecule has 0 radical (unpaired) electrons. The topological polar surface area (TPSA) is 34.2 Å². The summed E-state index contributed by atoms with van der Waals surface area (Å²) in [5, 5.41) is 2.51. The SMILES string of the molecule is C[C@]12Oc3ccc4c([nH]c5ccccc54)c3[C@H]1COc1ccccc12. The second kappa shape index (κ2) is 4.37. The molecule has 0 fully saturated rings. The van der Waals surface area contributed by atoms with E-state index < -0.39 is 0 Å². The Kier molecular flexibility index (Phi) is 2.33. The van der Waals surface area contributed by atoms with E-state index in [2.05, 4.69) is 60.4 Å². The number of hydrogen-bond donors (Lipinski definition) is 1. The zero-order valence-electron chi connectivity index (χ0n) is 13.9. The number of fused-ring (bicyclic) bond motifs is 9. The van der Waals surface area contributed by atoms with Crippen LogP contribution in [0, 0.1) is 0 Å². The lowest BCUT2D eigenvalue weighted by molar-refractivity contribution is 0.0436. The molecule has 0 unspecified atom stereocenters. The van der Waals surface area contributed by atoms with Crippen molar-refractivity contribution >= 4 is 21.8 Å². The van der Waals surface area contributed by atoms with E-state index in [1.807, 2.05) is 12.1 Å². The first-order chi connectivity index (χ1) is 12.3. The smallest absolute Gasteiger partial charge is 0.145 e. The van der Waals surface area contributed by atoms with Crippen molar-refractivity contribution < 1.29 is 9.47 Å². The second-order valence-corrected chi connectivity index (χ2v) is 7.14. The lowest BCUT2D eigenvalue weighted by atomic mass is 9.78. The lowest BCUT2D eigenvalue weighted by Gasteiger charge is -2.36. The van der Waals surface area contributed by atoms with Crippen LogP contribution in [0.4, 0.5) is 0 Å². The average molecular weight is 327 g/mol.